The third kappa shape index (κ3) is 8.06. The quantitative estimate of drug-likeness (QED) is 0.433. The minimum Gasteiger partial charge on any atom is -0.352 e. The monoisotopic (exact) mass is 541 g/mol. The Morgan fingerprint density at radius 2 is 1.68 bits per heavy atom. The number of carbonyl (C=O) groups excluding carboxylic acids is 2. The first kappa shape index (κ1) is 29.7. The van der Waals surface area contributed by atoms with Crippen molar-refractivity contribution >= 4 is 27.5 Å². The molecule has 0 radical (unpaired) electrons. The van der Waals surface area contributed by atoms with Crippen LogP contribution in [-0.4, -0.2) is 50.0 Å². The number of anilines is 1. The van der Waals surface area contributed by atoms with Crippen molar-refractivity contribution in [2.75, 3.05) is 17.1 Å². The van der Waals surface area contributed by atoms with Crippen LogP contribution in [0.2, 0.25) is 0 Å². The number of amides is 2. The van der Waals surface area contributed by atoms with Crippen molar-refractivity contribution in [3.63, 3.8) is 0 Å². The standard InChI is InChI=1S/C30H43N3O4S/c1-22-17-18-24(3)28(20-22)33(38(5,36)37)19-11-16-29(34)32(21-26-13-10-9-12-23(26)2)25(4)30(35)31-27-14-7-6-8-15-27/h9-10,12-13,17-18,20,25,27H,6-8,11,14-16,19,21H2,1-5H3,(H,31,35)/t25-/m1/s1. The van der Waals surface area contributed by atoms with Crippen LogP contribution in [0.5, 0.6) is 0 Å². The Morgan fingerprint density at radius 3 is 2.34 bits per heavy atom. The molecule has 2 aromatic carbocycles. The number of nitrogens with one attached hydrogen (secondary N) is 1. The van der Waals surface area contributed by atoms with Gasteiger partial charge in [0.1, 0.15) is 6.04 Å². The molecule has 3 rings (SSSR count). The maximum Gasteiger partial charge on any atom is 0.242 e. The fourth-order valence-electron chi connectivity index (χ4n) is 5.09. The zero-order valence-electron chi connectivity index (χ0n) is 23.5. The van der Waals surface area contributed by atoms with Crippen molar-refractivity contribution in [1.29, 1.82) is 0 Å². The second-order valence-corrected chi connectivity index (χ2v) is 12.6. The van der Waals surface area contributed by atoms with Crippen LogP contribution in [-0.2, 0) is 26.2 Å². The van der Waals surface area contributed by atoms with Gasteiger partial charge in [0.15, 0.2) is 0 Å². The number of sulfonamides is 1. The summed E-state index contributed by atoms with van der Waals surface area (Å²) < 4.78 is 26.7. The topological polar surface area (TPSA) is 86.8 Å². The van der Waals surface area contributed by atoms with Gasteiger partial charge in [-0.2, -0.15) is 0 Å². The normalized spacial score (nSPS) is 15.1. The summed E-state index contributed by atoms with van der Waals surface area (Å²) in [5, 5.41) is 3.16. The minimum absolute atomic E-state index is 0.132. The summed E-state index contributed by atoms with van der Waals surface area (Å²) in [6.07, 6.45) is 7.06. The van der Waals surface area contributed by atoms with E-state index in [0.29, 0.717) is 18.7 Å². The van der Waals surface area contributed by atoms with Crippen molar-refractivity contribution in [2.45, 2.75) is 91.3 Å². The van der Waals surface area contributed by atoms with Gasteiger partial charge < -0.3 is 10.2 Å². The number of benzene rings is 2. The summed E-state index contributed by atoms with van der Waals surface area (Å²) >= 11 is 0. The van der Waals surface area contributed by atoms with Crippen LogP contribution >= 0.6 is 0 Å². The highest BCUT2D eigenvalue weighted by atomic mass is 32.2. The molecule has 0 bridgehead atoms. The first-order chi connectivity index (χ1) is 18.0. The van der Waals surface area contributed by atoms with Gasteiger partial charge in [0.05, 0.1) is 11.9 Å². The van der Waals surface area contributed by atoms with Crippen LogP contribution < -0.4 is 9.62 Å². The molecule has 1 N–H and O–H groups in total. The summed E-state index contributed by atoms with van der Waals surface area (Å²) in [4.78, 5) is 28.4. The van der Waals surface area contributed by atoms with Crippen molar-refractivity contribution in [1.82, 2.24) is 10.2 Å². The molecule has 1 saturated carbocycles. The smallest absolute Gasteiger partial charge is 0.242 e. The highest BCUT2D eigenvalue weighted by molar-refractivity contribution is 7.92. The lowest BCUT2D eigenvalue weighted by Crippen LogP contribution is -2.50. The van der Waals surface area contributed by atoms with Gasteiger partial charge in [-0.25, -0.2) is 8.42 Å². The second kappa shape index (κ2) is 13.3. The number of rotatable bonds is 11. The zero-order valence-corrected chi connectivity index (χ0v) is 24.3. The van der Waals surface area contributed by atoms with Crippen LogP contribution in [0.3, 0.4) is 0 Å². The maximum absolute atomic E-state index is 13.6. The molecule has 2 aromatic rings. The van der Waals surface area contributed by atoms with Crippen LogP contribution in [0.1, 0.15) is 74.1 Å². The van der Waals surface area contributed by atoms with E-state index < -0.39 is 16.1 Å². The van der Waals surface area contributed by atoms with E-state index in [-0.39, 0.29) is 30.8 Å². The molecular weight excluding hydrogens is 498 g/mol. The fraction of sp³-hybridized carbons (Fsp3) is 0.533. The molecule has 0 unspecified atom stereocenters. The molecule has 208 valence electrons. The summed E-state index contributed by atoms with van der Waals surface area (Å²) in [7, 11) is -3.53. The Labute approximate surface area is 228 Å². The first-order valence-electron chi connectivity index (χ1n) is 13.7. The Bertz CT molecular complexity index is 1220. The summed E-state index contributed by atoms with van der Waals surface area (Å²) in [6, 6.07) is 13.1. The number of hydrogen-bond donors (Lipinski definition) is 1. The molecule has 1 aliphatic carbocycles. The lowest BCUT2D eigenvalue weighted by atomic mass is 9.95. The highest BCUT2D eigenvalue weighted by Crippen LogP contribution is 2.25. The molecule has 0 saturated heterocycles. The summed E-state index contributed by atoms with van der Waals surface area (Å²) in [5.41, 5.74) is 4.52. The van der Waals surface area contributed by atoms with Gasteiger partial charge >= 0.3 is 0 Å². The largest absolute Gasteiger partial charge is 0.352 e. The first-order valence-corrected chi connectivity index (χ1v) is 15.5. The number of carbonyl (C=O) groups is 2. The predicted molar refractivity (Wildman–Crippen MR) is 154 cm³/mol. The van der Waals surface area contributed by atoms with E-state index in [2.05, 4.69) is 5.32 Å². The third-order valence-electron chi connectivity index (χ3n) is 7.51. The Balaban J connectivity index is 1.75. The summed E-state index contributed by atoms with van der Waals surface area (Å²) in [6.45, 7) is 8.12. The molecule has 0 aromatic heterocycles. The van der Waals surface area contributed by atoms with Crippen LogP contribution in [0.15, 0.2) is 42.5 Å². The number of nitrogens with zero attached hydrogens (tertiary/aromatic N) is 2. The average molecular weight is 542 g/mol. The van der Waals surface area contributed by atoms with E-state index in [1.54, 1.807) is 11.8 Å². The lowest BCUT2D eigenvalue weighted by Gasteiger charge is -2.32. The SMILES string of the molecule is Cc1ccc(C)c(N(CCCC(=O)N(Cc2ccccc2C)[C@H](C)C(=O)NC2CCCCC2)S(C)(=O)=O)c1. The minimum atomic E-state index is -3.53. The molecule has 7 nitrogen and oxygen atoms in total. The van der Waals surface area contributed by atoms with Crippen LogP contribution in [0.4, 0.5) is 5.69 Å². The van der Waals surface area contributed by atoms with Gasteiger partial charge in [-0.15, -0.1) is 0 Å². The second-order valence-electron chi connectivity index (χ2n) is 10.7. The average Bonchev–Trinajstić information content (AvgIpc) is 2.87. The molecule has 38 heavy (non-hydrogen) atoms. The lowest BCUT2D eigenvalue weighted by molar-refractivity contribution is -0.141. The van der Waals surface area contributed by atoms with E-state index in [9.17, 15) is 18.0 Å². The molecule has 1 fully saturated rings. The molecule has 1 atom stereocenters. The van der Waals surface area contributed by atoms with Gasteiger partial charge in [-0.3, -0.25) is 13.9 Å². The van der Waals surface area contributed by atoms with Gasteiger partial charge in [0.2, 0.25) is 21.8 Å². The molecule has 0 heterocycles. The summed E-state index contributed by atoms with van der Waals surface area (Å²) in [5.74, 6) is -0.291. The Morgan fingerprint density at radius 1 is 1.00 bits per heavy atom. The van der Waals surface area contributed by atoms with Crippen molar-refractivity contribution in [3.05, 3.63) is 64.7 Å². The molecule has 2 amide bonds. The highest BCUT2D eigenvalue weighted by Gasteiger charge is 2.29. The zero-order chi connectivity index (χ0) is 27.9. The van der Waals surface area contributed by atoms with Crippen LogP contribution in [0.25, 0.3) is 0 Å². The van der Waals surface area contributed by atoms with Crippen LogP contribution in [0, 0.1) is 20.8 Å². The molecule has 0 spiro atoms. The van der Waals surface area contributed by atoms with Crippen molar-refractivity contribution < 1.29 is 18.0 Å². The van der Waals surface area contributed by atoms with Crippen molar-refractivity contribution in [2.24, 2.45) is 0 Å². The maximum atomic E-state index is 13.6. The molecule has 1 aliphatic rings. The van der Waals surface area contributed by atoms with E-state index in [1.165, 1.54) is 17.0 Å². The fourth-order valence-corrected chi connectivity index (χ4v) is 6.11. The van der Waals surface area contributed by atoms with Gasteiger partial charge in [-0.1, -0.05) is 55.7 Å². The van der Waals surface area contributed by atoms with E-state index in [0.717, 1.165) is 47.9 Å². The van der Waals surface area contributed by atoms with Gasteiger partial charge in [0.25, 0.3) is 0 Å². The number of aryl methyl sites for hydroxylation is 3. The van der Waals surface area contributed by atoms with Gasteiger partial charge in [0, 0.05) is 25.6 Å². The van der Waals surface area contributed by atoms with E-state index in [4.69, 9.17) is 0 Å². The number of hydrogen-bond acceptors (Lipinski definition) is 4. The van der Waals surface area contributed by atoms with Crippen molar-refractivity contribution in [3.8, 4) is 0 Å². The molecular formula is C30H43N3O4S. The third-order valence-corrected chi connectivity index (χ3v) is 8.69. The predicted octanol–water partition coefficient (Wildman–Crippen LogP) is 5.02. The Hall–Kier alpha value is -2.87. The molecule has 8 heteroatoms. The van der Waals surface area contributed by atoms with Gasteiger partial charge in [-0.05, 0) is 75.3 Å². The molecule has 0 aliphatic heterocycles. The van der Waals surface area contributed by atoms with E-state index >= 15 is 0 Å². The Kier molecular flexibility index (Phi) is 10.4. The van der Waals surface area contributed by atoms with E-state index in [1.807, 2.05) is 63.2 Å².